The van der Waals surface area contributed by atoms with E-state index in [4.69, 9.17) is 9.72 Å². The Morgan fingerprint density at radius 2 is 1.87 bits per heavy atom. The van der Waals surface area contributed by atoms with Gasteiger partial charge in [0, 0.05) is 36.6 Å². The van der Waals surface area contributed by atoms with Crippen molar-refractivity contribution in [2.45, 2.75) is 0 Å². The lowest BCUT2D eigenvalue weighted by Gasteiger charge is -2.28. The maximum atomic E-state index is 13.3. The maximum Gasteiger partial charge on any atom is 0.256 e. The normalized spacial score (nSPS) is 14.1. The van der Waals surface area contributed by atoms with E-state index in [1.54, 1.807) is 10.9 Å². The second-order valence-corrected chi connectivity index (χ2v) is 7.10. The molecule has 1 aliphatic heterocycles. The second-order valence-electron chi connectivity index (χ2n) is 7.10. The molecule has 30 heavy (non-hydrogen) atoms. The van der Waals surface area contributed by atoms with Crippen molar-refractivity contribution in [2.75, 3.05) is 36.5 Å². The molecule has 0 bridgehead atoms. The van der Waals surface area contributed by atoms with E-state index in [0.717, 1.165) is 35.5 Å². The summed E-state index contributed by atoms with van der Waals surface area (Å²) in [4.78, 5) is 20.2. The van der Waals surface area contributed by atoms with Crippen LogP contribution in [0.5, 0.6) is 0 Å². The second kappa shape index (κ2) is 7.96. The summed E-state index contributed by atoms with van der Waals surface area (Å²) in [7, 11) is 0. The van der Waals surface area contributed by atoms with Crippen LogP contribution in [0.2, 0.25) is 0 Å². The molecule has 0 spiro atoms. The van der Waals surface area contributed by atoms with Crippen molar-refractivity contribution in [1.29, 1.82) is 0 Å². The first-order valence-corrected chi connectivity index (χ1v) is 9.92. The number of para-hydroxylation sites is 1. The van der Waals surface area contributed by atoms with E-state index in [1.807, 2.05) is 66.9 Å². The molecule has 0 aliphatic carbocycles. The number of rotatable bonds is 4. The Hall–Kier alpha value is -3.71. The summed E-state index contributed by atoms with van der Waals surface area (Å²) in [6, 6.07) is 19.1. The van der Waals surface area contributed by atoms with Gasteiger partial charge in [-0.15, -0.1) is 0 Å². The first-order chi connectivity index (χ1) is 14.8. The highest BCUT2D eigenvalue weighted by atomic mass is 16.5. The van der Waals surface area contributed by atoms with Crippen LogP contribution >= 0.6 is 0 Å². The van der Waals surface area contributed by atoms with Crippen molar-refractivity contribution in [2.24, 2.45) is 0 Å². The summed E-state index contributed by atoms with van der Waals surface area (Å²) in [6.07, 6.45) is 3.59. The molecular weight excluding hydrogens is 378 g/mol. The Morgan fingerprint density at radius 1 is 1.00 bits per heavy atom. The van der Waals surface area contributed by atoms with Gasteiger partial charge in [0.2, 0.25) is 0 Å². The number of fused-ring (bicyclic) bond motifs is 1. The average molecular weight is 399 g/mol. The lowest BCUT2D eigenvalue weighted by Crippen LogP contribution is -2.37. The zero-order valence-electron chi connectivity index (χ0n) is 16.4. The molecule has 5 rings (SSSR count). The first-order valence-electron chi connectivity index (χ1n) is 9.92. The molecule has 1 saturated heterocycles. The van der Waals surface area contributed by atoms with E-state index >= 15 is 0 Å². The van der Waals surface area contributed by atoms with Gasteiger partial charge in [-0.05, 0) is 36.4 Å². The number of carbonyl (C=O) groups excluding carboxylic acids is 1. The van der Waals surface area contributed by atoms with Gasteiger partial charge in [-0.3, -0.25) is 4.79 Å². The van der Waals surface area contributed by atoms with Crippen LogP contribution in [0.3, 0.4) is 0 Å². The molecule has 1 aliphatic rings. The number of ether oxygens (including phenoxy) is 1. The number of pyridine rings is 1. The fourth-order valence-electron chi connectivity index (χ4n) is 3.65. The molecule has 2 aromatic carbocycles. The average Bonchev–Trinajstić information content (AvgIpc) is 3.34. The number of nitrogens with one attached hydrogen (secondary N) is 1. The standard InChI is InChI=1S/C23H21N5O2/c29-23(25-17-5-3-6-18(15-17)28-10-4-9-24-28)20-16-22(27-11-13-30-14-12-27)26-21-8-2-1-7-19(20)21/h1-10,15-16H,11-14H2,(H,25,29). The van der Waals surface area contributed by atoms with Gasteiger partial charge in [0.05, 0.1) is 30.0 Å². The zero-order chi connectivity index (χ0) is 20.3. The van der Waals surface area contributed by atoms with Crippen LogP contribution in [0.25, 0.3) is 16.6 Å². The number of carbonyl (C=O) groups is 1. The van der Waals surface area contributed by atoms with E-state index in [1.165, 1.54) is 0 Å². The minimum Gasteiger partial charge on any atom is -0.378 e. The third-order valence-corrected chi connectivity index (χ3v) is 5.16. The molecule has 7 heteroatoms. The van der Waals surface area contributed by atoms with Gasteiger partial charge in [-0.1, -0.05) is 24.3 Å². The summed E-state index contributed by atoms with van der Waals surface area (Å²) < 4.78 is 7.21. The number of benzene rings is 2. The van der Waals surface area contributed by atoms with Gasteiger partial charge in [-0.2, -0.15) is 5.10 Å². The van der Waals surface area contributed by atoms with Crippen molar-refractivity contribution in [3.63, 3.8) is 0 Å². The molecule has 4 aromatic rings. The van der Waals surface area contributed by atoms with Gasteiger partial charge in [0.15, 0.2) is 0 Å². The minimum absolute atomic E-state index is 0.166. The largest absolute Gasteiger partial charge is 0.378 e. The predicted molar refractivity (Wildman–Crippen MR) is 116 cm³/mol. The number of anilines is 2. The lowest BCUT2D eigenvalue weighted by molar-refractivity contribution is 0.102. The number of amides is 1. The van der Waals surface area contributed by atoms with Crippen molar-refractivity contribution >= 4 is 28.3 Å². The van der Waals surface area contributed by atoms with Gasteiger partial charge in [0.1, 0.15) is 5.82 Å². The van der Waals surface area contributed by atoms with Crippen molar-refractivity contribution < 1.29 is 9.53 Å². The Kier molecular flexibility index (Phi) is 4.86. The van der Waals surface area contributed by atoms with E-state index in [-0.39, 0.29) is 5.91 Å². The number of aromatic nitrogens is 3. The van der Waals surface area contributed by atoms with Crippen molar-refractivity contribution in [3.05, 3.63) is 78.6 Å². The molecule has 1 fully saturated rings. The molecule has 0 unspecified atom stereocenters. The quantitative estimate of drug-likeness (QED) is 0.569. The molecule has 0 atom stereocenters. The molecule has 1 amide bonds. The number of morpholine rings is 1. The Balaban J connectivity index is 1.49. The van der Waals surface area contributed by atoms with Crippen LogP contribution in [0, 0.1) is 0 Å². The maximum absolute atomic E-state index is 13.3. The minimum atomic E-state index is -0.166. The Labute approximate surface area is 173 Å². The van der Waals surface area contributed by atoms with Crippen molar-refractivity contribution in [1.82, 2.24) is 14.8 Å². The molecule has 2 aromatic heterocycles. The van der Waals surface area contributed by atoms with E-state index in [9.17, 15) is 4.79 Å². The van der Waals surface area contributed by atoms with E-state index < -0.39 is 0 Å². The molecule has 7 nitrogen and oxygen atoms in total. The Bertz CT molecular complexity index is 1180. The topological polar surface area (TPSA) is 72.3 Å². The van der Waals surface area contributed by atoms with Crippen LogP contribution in [0.15, 0.2) is 73.1 Å². The van der Waals surface area contributed by atoms with Crippen molar-refractivity contribution in [3.8, 4) is 5.69 Å². The molecule has 0 radical (unpaired) electrons. The summed E-state index contributed by atoms with van der Waals surface area (Å²) in [5.41, 5.74) is 3.00. The summed E-state index contributed by atoms with van der Waals surface area (Å²) in [5, 5.41) is 8.11. The van der Waals surface area contributed by atoms with Crippen LogP contribution < -0.4 is 10.2 Å². The summed E-state index contributed by atoms with van der Waals surface area (Å²) in [6.45, 7) is 2.85. The van der Waals surface area contributed by atoms with E-state index in [2.05, 4.69) is 15.3 Å². The van der Waals surface area contributed by atoms with Crippen LogP contribution in [0.4, 0.5) is 11.5 Å². The highest BCUT2D eigenvalue weighted by Crippen LogP contribution is 2.25. The Morgan fingerprint density at radius 3 is 2.70 bits per heavy atom. The fraction of sp³-hybridized carbons (Fsp3) is 0.174. The van der Waals surface area contributed by atoms with Crippen LogP contribution in [0.1, 0.15) is 10.4 Å². The number of hydrogen-bond acceptors (Lipinski definition) is 5. The van der Waals surface area contributed by atoms with Crippen LogP contribution in [-0.2, 0) is 4.74 Å². The third-order valence-electron chi connectivity index (χ3n) is 5.16. The summed E-state index contributed by atoms with van der Waals surface area (Å²) >= 11 is 0. The third kappa shape index (κ3) is 3.62. The van der Waals surface area contributed by atoms with Gasteiger partial charge in [0.25, 0.3) is 5.91 Å². The molecule has 1 N–H and O–H groups in total. The smallest absolute Gasteiger partial charge is 0.256 e. The first kappa shape index (κ1) is 18.3. The highest BCUT2D eigenvalue weighted by Gasteiger charge is 2.18. The molecular formula is C23H21N5O2. The lowest BCUT2D eigenvalue weighted by atomic mass is 10.1. The van der Waals surface area contributed by atoms with Gasteiger partial charge in [-0.25, -0.2) is 9.67 Å². The monoisotopic (exact) mass is 399 g/mol. The van der Waals surface area contributed by atoms with Crippen LogP contribution in [-0.4, -0.2) is 47.0 Å². The summed E-state index contributed by atoms with van der Waals surface area (Å²) in [5.74, 6) is 0.633. The fourth-order valence-corrected chi connectivity index (χ4v) is 3.65. The molecule has 150 valence electrons. The molecule has 0 saturated carbocycles. The molecule has 3 heterocycles. The highest BCUT2D eigenvalue weighted by molar-refractivity contribution is 6.13. The van der Waals surface area contributed by atoms with Gasteiger partial charge >= 0.3 is 0 Å². The predicted octanol–water partition coefficient (Wildman–Crippen LogP) is 3.51. The SMILES string of the molecule is O=C(Nc1cccc(-n2cccn2)c1)c1cc(N2CCOCC2)nc2ccccc12. The van der Waals surface area contributed by atoms with Gasteiger partial charge < -0.3 is 15.0 Å². The number of hydrogen-bond donors (Lipinski definition) is 1. The zero-order valence-corrected chi connectivity index (χ0v) is 16.4. The van der Waals surface area contributed by atoms with E-state index in [0.29, 0.717) is 24.5 Å². The number of nitrogens with zero attached hydrogens (tertiary/aromatic N) is 4.